The third-order valence-corrected chi connectivity index (χ3v) is 3.96. The molecule has 124 valence electrons. The molecule has 3 rings (SSSR count). The van der Waals surface area contributed by atoms with E-state index in [1.807, 2.05) is 31.2 Å². The maximum absolute atomic E-state index is 12.5. The molecule has 24 heavy (non-hydrogen) atoms. The highest BCUT2D eigenvalue weighted by molar-refractivity contribution is 6.30. The highest BCUT2D eigenvalue weighted by Gasteiger charge is 2.13. The Bertz CT molecular complexity index is 1040. The Balaban J connectivity index is 2.09. The zero-order valence-electron chi connectivity index (χ0n) is 13.4. The Morgan fingerprint density at radius 2 is 2.08 bits per heavy atom. The average Bonchev–Trinajstić information content (AvgIpc) is 3.00. The number of aromatic nitrogens is 4. The molecular weight excluding hydrogens is 328 g/mol. The maximum atomic E-state index is 12.5. The molecule has 0 aliphatic heterocycles. The number of nitrogens with one attached hydrogen (secondary N) is 1. The van der Waals surface area contributed by atoms with Crippen LogP contribution >= 0.6 is 11.6 Å². The first-order chi connectivity index (χ1) is 11.5. The topological polar surface area (TPSA) is 72.7 Å². The first-order valence-electron chi connectivity index (χ1n) is 7.64. The molecule has 6 nitrogen and oxygen atoms in total. The van der Waals surface area contributed by atoms with E-state index in [0.29, 0.717) is 35.0 Å². The van der Waals surface area contributed by atoms with Gasteiger partial charge >= 0.3 is 5.69 Å². The number of aryl methyl sites for hydroxylation is 1. The van der Waals surface area contributed by atoms with E-state index < -0.39 is 0 Å². The Morgan fingerprint density at radius 3 is 2.79 bits per heavy atom. The van der Waals surface area contributed by atoms with E-state index in [4.69, 9.17) is 11.6 Å². The number of rotatable bonds is 4. The van der Waals surface area contributed by atoms with Crippen LogP contribution in [0.1, 0.15) is 24.7 Å². The SMILES string of the molecule is CCCn1c(=O)c2[nH]c(/C=C/c3cccc(Cl)c3)nc2n(C)c1=O. The first kappa shape index (κ1) is 16.3. The number of aromatic amines is 1. The normalized spacial score (nSPS) is 11.6. The van der Waals surface area contributed by atoms with Gasteiger partial charge in [0, 0.05) is 18.6 Å². The molecule has 1 N–H and O–H groups in total. The van der Waals surface area contributed by atoms with Crippen LogP contribution in [-0.4, -0.2) is 19.1 Å². The van der Waals surface area contributed by atoms with Crippen molar-refractivity contribution < 1.29 is 0 Å². The maximum Gasteiger partial charge on any atom is 0.332 e. The van der Waals surface area contributed by atoms with Crippen molar-refractivity contribution in [3.05, 3.63) is 61.5 Å². The van der Waals surface area contributed by atoms with Crippen LogP contribution in [0.2, 0.25) is 5.02 Å². The number of imidazole rings is 1. The Labute approximate surface area is 143 Å². The van der Waals surface area contributed by atoms with Gasteiger partial charge in [0.05, 0.1) is 0 Å². The molecule has 1 aromatic carbocycles. The van der Waals surface area contributed by atoms with E-state index in [1.54, 1.807) is 19.2 Å². The molecule has 3 aromatic rings. The summed E-state index contributed by atoms with van der Waals surface area (Å²) in [5.74, 6) is 0.506. The van der Waals surface area contributed by atoms with Crippen LogP contribution in [0, 0.1) is 0 Å². The molecule has 0 saturated heterocycles. The van der Waals surface area contributed by atoms with Crippen LogP contribution in [0.5, 0.6) is 0 Å². The van der Waals surface area contributed by atoms with Gasteiger partial charge in [-0.3, -0.25) is 13.9 Å². The molecule has 2 heterocycles. The van der Waals surface area contributed by atoms with Gasteiger partial charge in [-0.2, -0.15) is 0 Å². The van der Waals surface area contributed by atoms with Crippen molar-refractivity contribution in [3.8, 4) is 0 Å². The fraction of sp³-hybridized carbons (Fsp3) is 0.235. The van der Waals surface area contributed by atoms with Crippen LogP contribution in [0.15, 0.2) is 33.9 Å². The minimum atomic E-state index is -0.355. The van der Waals surface area contributed by atoms with Crippen LogP contribution in [0.25, 0.3) is 23.3 Å². The second-order valence-electron chi connectivity index (χ2n) is 5.51. The molecule has 0 fully saturated rings. The lowest BCUT2D eigenvalue weighted by molar-refractivity contribution is 0.593. The van der Waals surface area contributed by atoms with Crippen LogP contribution in [-0.2, 0) is 13.6 Å². The summed E-state index contributed by atoms with van der Waals surface area (Å²) in [5, 5.41) is 0.645. The van der Waals surface area contributed by atoms with Gasteiger partial charge < -0.3 is 4.98 Å². The van der Waals surface area contributed by atoms with Gasteiger partial charge in [-0.25, -0.2) is 9.78 Å². The number of hydrogen-bond acceptors (Lipinski definition) is 3. The van der Waals surface area contributed by atoms with Crippen molar-refractivity contribution in [2.24, 2.45) is 7.05 Å². The van der Waals surface area contributed by atoms with Crippen LogP contribution in [0.3, 0.4) is 0 Å². The van der Waals surface area contributed by atoms with E-state index in [-0.39, 0.29) is 11.2 Å². The Hall–Kier alpha value is -2.60. The molecular formula is C17H17ClN4O2. The summed E-state index contributed by atoms with van der Waals surface area (Å²) in [4.78, 5) is 32.1. The minimum absolute atomic E-state index is 0.330. The molecule has 0 aliphatic carbocycles. The summed E-state index contributed by atoms with van der Waals surface area (Å²) >= 11 is 5.96. The molecule has 0 radical (unpaired) electrons. The number of nitrogens with zero attached hydrogens (tertiary/aromatic N) is 3. The molecule has 0 spiro atoms. The second kappa shape index (κ2) is 6.49. The number of H-pyrrole nitrogens is 1. The summed E-state index contributed by atoms with van der Waals surface area (Å²) in [6, 6.07) is 7.39. The molecule has 0 aliphatic rings. The molecule has 0 atom stereocenters. The third kappa shape index (κ3) is 2.92. The van der Waals surface area contributed by atoms with Gasteiger partial charge in [0.25, 0.3) is 5.56 Å². The monoisotopic (exact) mass is 344 g/mol. The zero-order chi connectivity index (χ0) is 17.3. The van der Waals surface area contributed by atoms with Crippen LogP contribution < -0.4 is 11.2 Å². The van der Waals surface area contributed by atoms with Gasteiger partial charge in [-0.1, -0.05) is 36.7 Å². The summed E-state index contributed by atoms with van der Waals surface area (Å²) in [5.41, 5.74) is 0.899. The third-order valence-electron chi connectivity index (χ3n) is 3.73. The second-order valence-corrected chi connectivity index (χ2v) is 5.94. The standard InChI is InChI=1S/C17H17ClN4O2/c1-3-9-22-16(23)14-15(21(2)17(22)24)20-13(19-14)8-7-11-5-4-6-12(18)10-11/h4-8,10H,3,9H2,1-2H3,(H,19,20)/b8-7+. The lowest BCUT2D eigenvalue weighted by Gasteiger charge is -2.05. The molecule has 0 saturated carbocycles. The molecule has 0 unspecified atom stereocenters. The fourth-order valence-electron chi connectivity index (χ4n) is 2.55. The average molecular weight is 345 g/mol. The lowest BCUT2D eigenvalue weighted by Crippen LogP contribution is -2.39. The van der Waals surface area contributed by atoms with E-state index in [0.717, 1.165) is 5.56 Å². The Morgan fingerprint density at radius 1 is 1.29 bits per heavy atom. The molecule has 2 aromatic heterocycles. The summed E-state index contributed by atoms with van der Waals surface area (Å²) in [7, 11) is 1.61. The fourth-order valence-corrected chi connectivity index (χ4v) is 2.75. The minimum Gasteiger partial charge on any atom is -0.333 e. The van der Waals surface area contributed by atoms with Crippen molar-refractivity contribution in [3.63, 3.8) is 0 Å². The molecule has 0 amide bonds. The number of hydrogen-bond donors (Lipinski definition) is 1. The van der Waals surface area contributed by atoms with Gasteiger partial charge in [-0.15, -0.1) is 0 Å². The molecule has 7 heteroatoms. The highest BCUT2D eigenvalue weighted by Crippen LogP contribution is 2.13. The van der Waals surface area contributed by atoms with Crippen LogP contribution in [0.4, 0.5) is 0 Å². The largest absolute Gasteiger partial charge is 0.333 e. The number of fused-ring (bicyclic) bond motifs is 1. The number of halogens is 1. The molecule has 0 bridgehead atoms. The lowest BCUT2D eigenvalue weighted by atomic mass is 10.2. The van der Waals surface area contributed by atoms with Crippen molar-refractivity contribution in [2.45, 2.75) is 19.9 Å². The van der Waals surface area contributed by atoms with E-state index in [9.17, 15) is 9.59 Å². The Kier molecular flexibility index (Phi) is 4.40. The van der Waals surface area contributed by atoms with Gasteiger partial charge in [0.2, 0.25) is 0 Å². The first-order valence-corrected chi connectivity index (χ1v) is 8.02. The smallest absolute Gasteiger partial charge is 0.332 e. The van der Waals surface area contributed by atoms with Crippen molar-refractivity contribution >= 4 is 34.9 Å². The predicted molar refractivity (Wildman–Crippen MR) is 96.3 cm³/mol. The van der Waals surface area contributed by atoms with E-state index in [1.165, 1.54) is 9.13 Å². The summed E-state index contributed by atoms with van der Waals surface area (Å²) in [6.07, 6.45) is 4.29. The highest BCUT2D eigenvalue weighted by atomic mass is 35.5. The van der Waals surface area contributed by atoms with Gasteiger partial charge in [-0.05, 0) is 30.2 Å². The van der Waals surface area contributed by atoms with E-state index >= 15 is 0 Å². The van der Waals surface area contributed by atoms with E-state index in [2.05, 4.69) is 9.97 Å². The van der Waals surface area contributed by atoms with Crippen molar-refractivity contribution in [1.29, 1.82) is 0 Å². The quantitative estimate of drug-likeness (QED) is 0.790. The van der Waals surface area contributed by atoms with Gasteiger partial charge in [0.1, 0.15) is 11.3 Å². The van der Waals surface area contributed by atoms with Gasteiger partial charge in [0.15, 0.2) is 5.65 Å². The summed E-state index contributed by atoms with van der Waals surface area (Å²) < 4.78 is 2.62. The predicted octanol–water partition coefficient (Wildman–Crippen LogP) is 2.66. The number of benzene rings is 1. The van der Waals surface area contributed by atoms with Crippen molar-refractivity contribution in [2.75, 3.05) is 0 Å². The van der Waals surface area contributed by atoms with Crippen molar-refractivity contribution in [1.82, 2.24) is 19.1 Å². The zero-order valence-corrected chi connectivity index (χ0v) is 14.2. The summed E-state index contributed by atoms with van der Waals surface area (Å²) in [6.45, 7) is 2.30.